The van der Waals surface area contributed by atoms with Gasteiger partial charge < -0.3 is 15.5 Å². The standard InChI is InChI=1S/C19H33N5OS/c1-14(2)16-23-15(12-26-16)8-11-21-18(20-3)22-13-19(9-6-7-10-19)17(25)24(4)5/h12,14H,6-11,13H2,1-5H3,(H2,20,21,22). The van der Waals surface area contributed by atoms with E-state index >= 15 is 0 Å². The van der Waals surface area contributed by atoms with Crippen LogP contribution in [0.3, 0.4) is 0 Å². The van der Waals surface area contributed by atoms with Crippen LogP contribution in [0.1, 0.15) is 56.2 Å². The first kappa shape index (κ1) is 20.7. The molecule has 2 rings (SSSR count). The minimum absolute atomic E-state index is 0.224. The average Bonchev–Trinajstić information content (AvgIpc) is 3.27. The number of amides is 1. The first-order chi connectivity index (χ1) is 12.4. The van der Waals surface area contributed by atoms with Crippen LogP contribution in [0.25, 0.3) is 0 Å². The van der Waals surface area contributed by atoms with Crippen LogP contribution in [0.4, 0.5) is 0 Å². The predicted molar refractivity (Wildman–Crippen MR) is 109 cm³/mol. The van der Waals surface area contributed by atoms with Crippen molar-refractivity contribution in [2.75, 3.05) is 34.2 Å². The van der Waals surface area contributed by atoms with Gasteiger partial charge in [0.25, 0.3) is 0 Å². The Morgan fingerprint density at radius 1 is 1.35 bits per heavy atom. The maximum Gasteiger partial charge on any atom is 0.230 e. The van der Waals surface area contributed by atoms with Crippen molar-refractivity contribution in [3.8, 4) is 0 Å². The number of thiazole rings is 1. The number of nitrogens with one attached hydrogen (secondary N) is 2. The van der Waals surface area contributed by atoms with E-state index in [1.165, 1.54) is 5.01 Å². The minimum atomic E-state index is -0.289. The molecule has 1 aromatic heterocycles. The second-order valence-corrected chi connectivity index (χ2v) is 8.51. The monoisotopic (exact) mass is 379 g/mol. The summed E-state index contributed by atoms with van der Waals surface area (Å²) in [6.45, 7) is 5.74. The van der Waals surface area contributed by atoms with Crippen molar-refractivity contribution in [1.29, 1.82) is 0 Å². The molecule has 0 bridgehead atoms. The number of aromatic nitrogens is 1. The Morgan fingerprint density at radius 2 is 2.04 bits per heavy atom. The number of guanidine groups is 1. The number of aliphatic imine (C=N–C) groups is 1. The molecule has 0 radical (unpaired) electrons. The molecule has 1 aliphatic rings. The quantitative estimate of drug-likeness (QED) is 0.564. The summed E-state index contributed by atoms with van der Waals surface area (Å²) in [5.74, 6) is 1.46. The highest BCUT2D eigenvalue weighted by Gasteiger charge is 2.42. The van der Waals surface area contributed by atoms with Gasteiger partial charge in [-0.1, -0.05) is 26.7 Å². The van der Waals surface area contributed by atoms with Gasteiger partial charge in [-0.2, -0.15) is 0 Å². The number of nitrogens with zero attached hydrogens (tertiary/aromatic N) is 3. The summed E-state index contributed by atoms with van der Waals surface area (Å²) in [5.41, 5.74) is 0.832. The number of hydrogen-bond acceptors (Lipinski definition) is 4. The van der Waals surface area contributed by atoms with Gasteiger partial charge in [-0.05, 0) is 12.8 Å². The highest BCUT2D eigenvalue weighted by Crippen LogP contribution is 2.38. The van der Waals surface area contributed by atoms with E-state index in [4.69, 9.17) is 0 Å². The lowest BCUT2D eigenvalue weighted by molar-refractivity contribution is -0.138. The Labute approximate surface area is 161 Å². The maximum atomic E-state index is 12.6. The average molecular weight is 380 g/mol. The van der Waals surface area contributed by atoms with Gasteiger partial charge in [-0.15, -0.1) is 11.3 Å². The van der Waals surface area contributed by atoms with Gasteiger partial charge in [0.05, 0.1) is 16.1 Å². The van der Waals surface area contributed by atoms with E-state index in [2.05, 4.69) is 39.8 Å². The lowest BCUT2D eigenvalue weighted by Crippen LogP contribution is -2.49. The molecular formula is C19H33N5OS. The van der Waals surface area contributed by atoms with Crippen molar-refractivity contribution >= 4 is 23.2 Å². The largest absolute Gasteiger partial charge is 0.356 e. The SMILES string of the molecule is CN=C(NCCc1csc(C(C)C)n1)NCC1(C(=O)N(C)C)CCCC1. The van der Waals surface area contributed by atoms with Gasteiger partial charge in [0.2, 0.25) is 5.91 Å². The molecule has 0 saturated heterocycles. The Bertz CT molecular complexity index is 617. The summed E-state index contributed by atoms with van der Waals surface area (Å²) in [5, 5.41) is 10.0. The fourth-order valence-electron chi connectivity index (χ4n) is 3.48. The summed E-state index contributed by atoms with van der Waals surface area (Å²) in [7, 11) is 5.45. The van der Waals surface area contributed by atoms with Crippen molar-refractivity contribution in [2.24, 2.45) is 10.4 Å². The normalized spacial score (nSPS) is 16.8. The maximum absolute atomic E-state index is 12.6. The summed E-state index contributed by atoms with van der Waals surface area (Å²) in [6, 6.07) is 0. The molecule has 6 nitrogen and oxygen atoms in total. The molecule has 0 unspecified atom stereocenters. The van der Waals surface area contributed by atoms with E-state index in [9.17, 15) is 4.79 Å². The third-order valence-corrected chi connectivity index (χ3v) is 6.17. The number of hydrogen-bond donors (Lipinski definition) is 2. The van der Waals surface area contributed by atoms with Crippen LogP contribution in [-0.2, 0) is 11.2 Å². The van der Waals surface area contributed by atoms with Crippen molar-refractivity contribution in [2.45, 2.75) is 51.9 Å². The van der Waals surface area contributed by atoms with Gasteiger partial charge in [0, 0.05) is 52.0 Å². The number of rotatable bonds is 7. The van der Waals surface area contributed by atoms with Crippen molar-refractivity contribution < 1.29 is 4.79 Å². The van der Waals surface area contributed by atoms with Crippen LogP contribution in [0.5, 0.6) is 0 Å². The van der Waals surface area contributed by atoms with Crippen molar-refractivity contribution in [1.82, 2.24) is 20.5 Å². The second kappa shape index (κ2) is 9.35. The molecule has 0 aromatic carbocycles. The lowest BCUT2D eigenvalue weighted by atomic mass is 9.84. The van der Waals surface area contributed by atoms with E-state index in [1.807, 2.05) is 14.1 Å². The van der Waals surface area contributed by atoms with Crippen LogP contribution in [0, 0.1) is 5.41 Å². The van der Waals surface area contributed by atoms with Crippen molar-refractivity contribution in [3.63, 3.8) is 0 Å². The molecule has 1 fully saturated rings. The van der Waals surface area contributed by atoms with E-state index < -0.39 is 0 Å². The highest BCUT2D eigenvalue weighted by atomic mass is 32.1. The number of carbonyl (C=O) groups excluding carboxylic acids is 1. The van der Waals surface area contributed by atoms with Gasteiger partial charge in [-0.25, -0.2) is 4.98 Å². The molecule has 7 heteroatoms. The van der Waals surface area contributed by atoms with Crippen molar-refractivity contribution in [3.05, 3.63) is 16.1 Å². The van der Waals surface area contributed by atoms with Crippen LogP contribution < -0.4 is 10.6 Å². The molecule has 0 atom stereocenters. The molecule has 1 saturated carbocycles. The molecule has 146 valence electrons. The summed E-state index contributed by atoms with van der Waals surface area (Å²) in [6.07, 6.45) is 5.01. The summed E-state index contributed by atoms with van der Waals surface area (Å²) in [4.78, 5) is 23.3. The zero-order valence-corrected chi connectivity index (χ0v) is 17.6. The molecule has 1 heterocycles. The van der Waals surface area contributed by atoms with Gasteiger partial charge >= 0.3 is 0 Å². The topological polar surface area (TPSA) is 69.6 Å². The zero-order chi connectivity index (χ0) is 19.2. The second-order valence-electron chi connectivity index (χ2n) is 7.62. The van der Waals surface area contributed by atoms with E-state index in [0.717, 1.165) is 50.3 Å². The molecule has 2 N–H and O–H groups in total. The molecule has 1 aliphatic carbocycles. The first-order valence-electron chi connectivity index (χ1n) is 9.48. The molecule has 0 spiro atoms. The van der Waals surface area contributed by atoms with Gasteiger partial charge in [-0.3, -0.25) is 9.79 Å². The molecule has 1 aromatic rings. The van der Waals surface area contributed by atoms with E-state index in [0.29, 0.717) is 12.5 Å². The van der Waals surface area contributed by atoms with Crippen LogP contribution in [0.2, 0.25) is 0 Å². The Kier molecular flexibility index (Phi) is 7.43. The minimum Gasteiger partial charge on any atom is -0.356 e. The van der Waals surface area contributed by atoms with Crippen LogP contribution in [-0.4, -0.2) is 56.0 Å². The third kappa shape index (κ3) is 5.19. The highest BCUT2D eigenvalue weighted by molar-refractivity contribution is 7.09. The Balaban J connectivity index is 1.84. The molecular weight excluding hydrogens is 346 g/mol. The van der Waals surface area contributed by atoms with Crippen LogP contribution in [0.15, 0.2) is 10.4 Å². The molecule has 26 heavy (non-hydrogen) atoms. The van der Waals surface area contributed by atoms with Crippen LogP contribution >= 0.6 is 11.3 Å². The lowest BCUT2D eigenvalue weighted by Gasteiger charge is -2.31. The number of carbonyl (C=O) groups is 1. The summed E-state index contributed by atoms with van der Waals surface area (Å²) < 4.78 is 0. The Morgan fingerprint density at radius 3 is 2.58 bits per heavy atom. The van der Waals surface area contributed by atoms with E-state index in [-0.39, 0.29) is 11.3 Å². The molecule has 0 aliphatic heterocycles. The third-order valence-electron chi connectivity index (χ3n) is 4.98. The fraction of sp³-hybridized carbons (Fsp3) is 0.737. The summed E-state index contributed by atoms with van der Waals surface area (Å²) >= 11 is 1.73. The zero-order valence-electron chi connectivity index (χ0n) is 16.8. The predicted octanol–water partition coefficient (Wildman–Crippen LogP) is 2.62. The smallest absolute Gasteiger partial charge is 0.230 e. The fourth-order valence-corrected chi connectivity index (χ4v) is 4.35. The molecule has 1 amide bonds. The van der Waals surface area contributed by atoms with E-state index in [1.54, 1.807) is 23.3 Å². The first-order valence-corrected chi connectivity index (χ1v) is 10.4. The Hall–Kier alpha value is -1.63. The van der Waals surface area contributed by atoms with Gasteiger partial charge in [0.15, 0.2) is 5.96 Å². The van der Waals surface area contributed by atoms with Gasteiger partial charge in [0.1, 0.15) is 0 Å².